The molecule has 0 saturated carbocycles. The van der Waals surface area contributed by atoms with Crippen LogP contribution in [0.25, 0.3) is 0 Å². The Morgan fingerprint density at radius 1 is 1.42 bits per heavy atom. The van der Waals surface area contributed by atoms with Crippen LogP contribution in [0.1, 0.15) is 35.3 Å². The standard InChI is InChI=1S/C15H21N3O/c1-15(2)9-17-8-10-4-5-12(14(19)16-3)11-6-7-18(15)13(10)11/h4-5,17H,6-9H2,1-3H3,(H,16,19). The lowest BCUT2D eigenvalue weighted by atomic mass is 9.99. The number of anilines is 1. The molecule has 3 rings (SSSR count). The molecule has 1 aromatic rings. The van der Waals surface area contributed by atoms with Crippen molar-refractivity contribution in [3.8, 4) is 0 Å². The molecule has 0 aliphatic carbocycles. The number of nitrogens with zero attached hydrogens (tertiary/aromatic N) is 1. The summed E-state index contributed by atoms with van der Waals surface area (Å²) in [5.74, 6) is 0.0228. The van der Waals surface area contributed by atoms with Crippen LogP contribution in [0.4, 0.5) is 5.69 Å². The molecule has 0 spiro atoms. The van der Waals surface area contributed by atoms with Crippen molar-refractivity contribution in [1.29, 1.82) is 0 Å². The first-order valence-electron chi connectivity index (χ1n) is 6.90. The Balaban J connectivity index is 2.17. The van der Waals surface area contributed by atoms with E-state index in [0.29, 0.717) is 0 Å². The summed E-state index contributed by atoms with van der Waals surface area (Å²) in [5, 5.41) is 6.25. The summed E-state index contributed by atoms with van der Waals surface area (Å²) in [4.78, 5) is 14.5. The van der Waals surface area contributed by atoms with Gasteiger partial charge < -0.3 is 15.5 Å². The maximum atomic E-state index is 12.0. The Hall–Kier alpha value is -1.55. The van der Waals surface area contributed by atoms with Gasteiger partial charge in [-0.1, -0.05) is 6.07 Å². The molecule has 0 unspecified atom stereocenters. The number of hydrogen-bond donors (Lipinski definition) is 2. The number of carbonyl (C=O) groups is 1. The number of benzene rings is 1. The smallest absolute Gasteiger partial charge is 0.251 e. The van der Waals surface area contributed by atoms with Crippen molar-refractivity contribution in [3.63, 3.8) is 0 Å². The van der Waals surface area contributed by atoms with E-state index in [1.54, 1.807) is 7.05 Å². The van der Waals surface area contributed by atoms with Crippen LogP contribution in [0, 0.1) is 0 Å². The molecule has 4 heteroatoms. The monoisotopic (exact) mass is 259 g/mol. The van der Waals surface area contributed by atoms with Crippen LogP contribution in [-0.2, 0) is 13.0 Å². The zero-order valence-corrected chi connectivity index (χ0v) is 11.8. The molecule has 0 bridgehead atoms. The maximum absolute atomic E-state index is 12.0. The van der Waals surface area contributed by atoms with E-state index >= 15 is 0 Å². The first-order valence-corrected chi connectivity index (χ1v) is 6.90. The van der Waals surface area contributed by atoms with E-state index in [1.807, 2.05) is 6.07 Å². The summed E-state index contributed by atoms with van der Waals surface area (Å²) < 4.78 is 0. The molecular weight excluding hydrogens is 238 g/mol. The minimum Gasteiger partial charge on any atom is -0.364 e. The number of rotatable bonds is 1. The molecule has 2 N–H and O–H groups in total. The van der Waals surface area contributed by atoms with E-state index in [1.165, 1.54) is 16.8 Å². The second-order valence-corrected chi connectivity index (χ2v) is 6.00. The molecule has 4 nitrogen and oxygen atoms in total. The van der Waals surface area contributed by atoms with Crippen molar-refractivity contribution in [2.45, 2.75) is 32.4 Å². The van der Waals surface area contributed by atoms with Crippen molar-refractivity contribution in [2.75, 3.05) is 25.0 Å². The van der Waals surface area contributed by atoms with E-state index in [0.717, 1.165) is 31.6 Å². The summed E-state index contributed by atoms with van der Waals surface area (Å²) in [6.45, 7) is 7.38. The zero-order chi connectivity index (χ0) is 13.6. The molecule has 0 atom stereocenters. The van der Waals surface area contributed by atoms with Crippen LogP contribution in [0.15, 0.2) is 12.1 Å². The number of hydrogen-bond acceptors (Lipinski definition) is 3. The van der Waals surface area contributed by atoms with Gasteiger partial charge in [0.1, 0.15) is 0 Å². The van der Waals surface area contributed by atoms with Gasteiger partial charge in [0.2, 0.25) is 0 Å². The van der Waals surface area contributed by atoms with Crippen LogP contribution in [0.2, 0.25) is 0 Å². The summed E-state index contributed by atoms with van der Waals surface area (Å²) in [7, 11) is 1.69. The molecule has 1 amide bonds. The number of carbonyl (C=O) groups excluding carboxylic acids is 1. The SMILES string of the molecule is CNC(=O)c1ccc2c3c1CCN3C(C)(C)CNC2. The van der Waals surface area contributed by atoms with Crippen molar-refractivity contribution >= 4 is 11.6 Å². The minimum absolute atomic E-state index is 0.0228. The molecule has 2 aliphatic heterocycles. The second kappa shape index (κ2) is 4.23. The molecule has 2 aliphatic rings. The van der Waals surface area contributed by atoms with E-state index in [2.05, 4.69) is 35.4 Å². The van der Waals surface area contributed by atoms with Crippen molar-refractivity contribution in [3.05, 3.63) is 28.8 Å². The zero-order valence-electron chi connectivity index (χ0n) is 11.8. The molecule has 102 valence electrons. The second-order valence-electron chi connectivity index (χ2n) is 6.00. The largest absolute Gasteiger partial charge is 0.364 e. The van der Waals surface area contributed by atoms with Crippen LogP contribution in [0.3, 0.4) is 0 Å². The highest BCUT2D eigenvalue weighted by Crippen LogP contribution is 2.40. The summed E-state index contributed by atoms with van der Waals surface area (Å²) in [5.41, 5.74) is 4.74. The predicted molar refractivity (Wildman–Crippen MR) is 76.7 cm³/mol. The van der Waals surface area contributed by atoms with E-state index in [9.17, 15) is 4.79 Å². The highest BCUT2D eigenvalue weighted by molar-refractivity contribution is 5.98. The average molecular weight is 259 g/mol. The third-order valence-corrected chi connectivity index (χ3v) is 4.30. The Labute approximate surface area is 114 Å². The van der Waals surface area contributed by atoms with E-state index in [4.69, 9.17) is 0 Å². The lowest BCUT2D eigenvalue weighted by Crippen LogP contribution is -2.48. The van der Waals surface area contributed by atoms with Gasteiger partial charge in [-0.15, -0.1) is 0 Å². The predicted octanol–water partition coefficient (Wildman–Crippen LogP) is 1.29. The van der Waals surface area contributed by atoms with Gasteiger partial charge in [0.25, 0.3) is 5.91 Å². The van der Waals surface area contributed by atoms with E-state index in [-0.39, 0.29) is 11.4 Å². The molecule has 1 aromatic carbocycles. The molecule has 0 aromatic heterocycles. The molecular formula is C15H21N3O. The fourth-order valence-corrected chi connectivity index (χ4v) is 3.30. The molecule has 0 saturated heterocycles. The first-order chi connectivity index (χ1) is 9.04. The molecule has 19 heavy (non-hydrogen) atoms. The fraction of sp³-hybridized carbons (Fsp3) is 0.533. The average Bonchev–Trinajstić information content (AvgIpc) is 2.78. The van der Waals surface area contributed by atoms with Gasteiger partial charge in [-0.25, -0.2) is 0 Å². The Morgan fingerprint density at radius 3 is 2.95 bits per heavy atom. The van der Waals surface area contributed by atoms with E-state index < -0.39 is 0 Å². The lowest BCUT2D eigenvalue weighted by Gasteiger charge is -2.36. The minimum atomic E-state index is 0.0228. The van der Waals surface area contributed by atoms with Crippen LogP contribution >= 0.6 is 0 Å². The Bertz CT molecular complexity index is 536. The summed E-state index contributed by atoms with van der Waals surface area (Å²) >= 11 is 0. The van der Waals surface area contributed by atoms with Gasteiger partial charge in [-0.2, -0.15) is 0 Å². The molecule has 0 radical (unpaired) electrons. The third kappa shape index (κ3) is 1.82. The Morgan fingerprint density at radius 2 is 2.21 bits per heavy atom. The normalized spacial score (nSPS) is 19.8. The third-order valence-electron chi connectivity index (χ3n) is 4.30. The number of amides is 1. The van der Waals surface area contributed by atoms with Gasteiger partial charge in [0.05, 0.1) is 0 Å². The maximum Gasteiger partial charge on any atom is 0.251 e. The first kappa shape index (κ1) is 12.5. The quantitative estimate of drug-likeness (QED) is 0.799. The topological polar surface area (TPSA) is 44.4 Å². The summed E-state index contributed by atoms with van der Waals surface area (Å²) in [6.07, 6.45) is 0.968. The molecule has 2 heterocycles. The highest BCUT2D eigenvalue weighted by atomic mass is 16.1. The lowest BCUT2D eigenvalue weighted by molar-refractivity contribution is 0.0962. The highest BCUT2D eigenvalue weighted by Gasteiger charge is 2.37. The van der Waals surface area contributed by atoms with Crippen molar-refractivity contribution < 1.29 is 4.79 Å². The van der Waals surface area contributed by atoms with Crippen molar-refractivity contribution in [2.24, 2.45) is 0 Å². The Kier molecular flexibility index (Phi) is 2.78. The number of nitrogens with one attached hydrogen (secondary N) is 2. The van der Waals surface area contributed by atoms with Gasteiger partial charge in [-0.05, 0) is 37.5 Å². The van der Waals surface area contributed by atoms with Gasteiger partial charge in [0, 0.05) is 43.5 Å². The van der Waals surface area contributed by atoms with Crippen molar-refractivity contribution in [1.82, 2.24) is 10.6 Å². The van der Waals surface area contributed by atoms with Gasteiger partial charge >= 0.3 is 0 Å². The van der Waals surface area contributed by atoms with Gasteiger partial charge in [-0.3, -0.25) is 4.79 Å². The van der Waals surface area contributed by atoms with Crippen LogP contribution < -0.4 is 15.5 Å². The van der Waals surface area contributed by atoms with Crippen LogP contribution in [0.5, 0.6) is 0 Å². The molecule has 0 fully saturated rings. The summed E-state index contributed by atoms with van der Waals surface area (Å²) in [6, 6.07) is 4.06. The fourth-order valence-electron chi connectivity index (χ4n) is 3.30. The van der Waals surface area contributed by atoms with Gasteiger partial charge in [0.15, 0.2) is 0 Å². The van der Waals surface area contributed by atoms with Crippen LogP contribution in [-0.4, -0.2) is 31.6 Å².